The maximum Gasteiger partial charge on any atom is 0.119 e. The zero-order chi connectivity index (χ0) is 9.40. The summed E-state index contributed by atoms with van der Waals surface area (Å²) in [6.45, 7) is 2.08. The number of phenolic OH excluding ortho intramolecular Hbond substituents is 2. The molecule has 0 aliphatic rings. The molecule has 0 aliphatic heterocycles. The summed E-state index contributed by atoms with van der Waals surface area (Å²) in [7, 11) is 0. The van der Waals surface area contributed by atoms with Gasteiger partial charge in [0.2, 0.25) is 0 Å². The van der Waals surface area contributed by atoms with E-state index in [0.717, 1.165) is 0 Å². The quantitative estimate of drug-likeness (QED) is 0.444. The van der Waals surface area contributed by atoms with Crippen LogP contribution in [0.2, 0.25) is 0 Å². The Bertz CT molecular complexity index is 193. The van der Waals surface area contributed by atoms with Crippen molar-refractivity contribution in [3.05, 3.63) is 24.3 Å². The van der Waals surface area contributed by atoms with Crippen LogP contribution in [0.5, 0.6) is 11.5 Å². The molecule has 1 aromatic rings. The Morgan fingerprint density at radius 1 is 1.25 bits per heavy atom. The molecule has 4 nitrogen and oxygen atoms in total. The van der Waals surface area contributed by atoms with Gasteiger partial charge in [-0.05, 0) is 19.1 Å². The molecule has 0 heterocycles. The number of phenols is 2. The van der Waals surface area contributed by atoms with Crippen LogP contribution in [0.3, 0.4) is 0 Å². The zero-order valence-electron chi connectivity index (χ0n) is 6.77. The topological polar surface area (TPSA) is 69.9 Å². The van der Waals surface area contributed by atoms with E-state index in [1.807, 2.05) is 0 Å². The number of hydrogen-bond donors (Lipinski definition) is 3. The van der Waals surface area contributed by atoms with Crippen molar-refractivity contribution in [1.29, 1.82) is 0 Å². The number of benzene rings is 1. The van der Waals surface area contributed by atoms with Crippen molar-refractivity contribution in [3.63, 3.8) is 0 Å². The molecule has 12 heavy (non-hydrogen) atoms. The molecule has 0 unspecified atom stereocenters. The van der Waals surface area contributed by atoms with Crippen molar-refractivity contribution in [1.82, 2.24) is 0 Å². The third-order valence-corrected chi connectivity index (χ3v) is 0.959. The Morgan fingerprint density at radius 3 is 1.83 bits per heavy atom. The van der Waals surface area contributed by atoms with Crippen molar-refractivity contribution < 1.29 is 20.4 Å². The molecule has 0 saturated heterocycles. The van der Waals surface area contributed by atoms with Crippen LogP contribution in [-0.4, -0.2) is 22.1 Å². The molecule has 0 spiro atoms. The van der Waals surface area contributed by atoms with Crippen molar-refractivity contribution in [3.8, 4) is 11.5 Å². The van der Waals surface area contributed by atoms with Gasteiger partial charge < -0.3 is 10.2 Å². The van der Waals surface area contributed by atoms with Crippen LogP contribution in [0.15, 0.2) is 24.3 Å². The van der Waals surface area contributed by atoms with E-state index in [4.69, 9.17) is 15.5 Å². The first-order valence-corrected chi connectivity index (χ1v) is 3.45. The van der Waals surface area contributed by atoms with E-state index in [2.05, 4.69) is 4.89 Å². The first-order valence-electron chi connectivity index (χ1n) is 3.45. The molecule has 1 aromatic carbocycles. The summed E-state index contributed by atoms with van der Waals surface area (Å²) in [5.41, 5.74) is 0. The summed E-state index contributed by atoms with van der Waals surface area (Å²) in [5.74, 6) is 0.176. The fraction of sp³-hybridized carbons (Fsp3) is 0.250. The highest BCUT2D eigenvalue weighted by Gasteiger charge is 1.85. The van der Waals surface area contributed by atoms with Gasteiger partial charge in [0.1, 0.15) is 11.5 Å². The Morgan fingerprint density at radius 2 is 1.67 bits per heavy atom. The monoisotopic (exact) mass is 172 g/mol. The van der Waals surface area contributed by atoms with Gasteiger partial charge in [-0.2, -0.15) is 0 Å². The van der Waals surface area contributed by atoms with Gasteiger partial charge in [-0.1, -0.05) is 6.07 Å². The highest BCUT2D eigenvalue weighted by Crippen LogP contribution is 2.14. The van der Waals surface area contributed by atoms with E-state index < -0.39 is 0 Å². The van der Waals surface area contributed by atoms with Gasteiger partial charge in [-0.15, -0.1) is 0 Å². The first kappa shape index (κ1) is 10.7. The van der Waals surface area contributed by atoms with Gasteiger partial charge in [0.15, 0.2) is 0 Å². The second-order valence-electron chi connectivity index (χ2n) is 1.94. The lowest BCUT2D eigenvalue weighted by atomic mass is 10.3. The molecule has 0 saturated carbocycles. The zero-order valence-corrected chi connectivity index (χ0v) is 6.77. The number of hydrogen-bond acceptors (Lipinski definition) is 4. The molecule has 1 rings (SSSR count). The molecular formula is C8H12O4. The molecular weight excluding hydrogens is 160 g/mol. The lowest BCUT2D eigenvalue weighted by molar-refractivity contribution is -0.237. The van der Waals surface area contributed by atoms with E-state index >= 15 is 0 Å². The highest BCUT2D eigenvalue weighted by atomic mass is 17.1. The molecule has 3 N–H and O–H groups in total. The Hall–Kier alpha value is -1.26. The van der Waals surface area contributed by atoms with Gasteiger partial charge in [0, 0.05) is 6.07 Å². The van der Waals surface area contributed by atoms with Crippen LogP contribution in [0.4, 0.5) is 0 Å². The predicted octanol–water partition coefficient (Wildman–Crippen LogP) is 1.59. The predicted molar refractivity (Wildman–Crippen MR) is 44.0 cm³/mol. The van der Waals surface area contributed by atoms with Gasteiger partial charge in [-0.25, -0.2) is 4.89 Å². The van der Waals surface area contributed by atoms with Crippen molar-refractivity contribution in [2.75, 3.05) is 6.61 Å². The summed E-state index contributed by atoms with van der Waals surface area (Å²) >= 11 is 0. The molecule has 0 amide bonds. The third kappa shape index (κ3) is 5.52. The third-order valence-electron chi connectivity index (χ3n) is 0.959. The maximum atomic E-state index is 8.65. The van der Waals surface area contributed by atoms with Crippen LogP contribution in [0.25, 0.3) is 0 Å². The second kappa shape index (κ2) is 6.45. The minimum absolute atomic E-state index is 0.0880. The van der Waals surface area contributed by atoms with Crippen molar-refractivity contribution in [2.24, 2.45) is 0 Å². The van der Waals surface area contributed by atoms with Crippen molar-refractivity contribution >= 4 is 0 Å². The SMILES string of the molecule is CCOO.Oc1cccc(O)c1. The van der Waals surface area contributed by atoms with Crippen LogP contribution < -0.4 is 0 Å². The summed E-state index contributed by atoms with van der Waals surface area (Å²) in [4.78, 5) is 3.54. The summed E-state index contributed by atoms with van der Waals surface area (Å²) in [6.07, 6.45) is 0. The fourth-order valence-corrected chi connectivity index (χ4v) is 0.493. The van der Waals surface area contributed by atoms with Crippen LogP contribution >= 0.6 is 0 Å². The minimum atomic E-state index is 0.0880. The number of aromatic hydroxyl groups is 2. The lowest BCUT2D eigenvalue weighted by Crippen LogP contribution is -1.74. The van der Waals surface area contributed by atoms with Gasteiger partial charge in [0.05, 0.1) is 6.61 Å². The molecule has 4 heteroatoms. The average Bonchev–Trinajstić information content (AvgIpc) is 2.04. The largest absolute Gasteiger partial charge is 0.508 e. The van der Waals surface area contributed by atoms with Crippen LogP contribution in [-0.2, 0) is 4.89 Å². The summed E-state index contributed by atoms with van der Waals surface area (Å²) < 4.78 is 0. The highest BCUT2D eigenvalue weighted by molar-refractivity contribution is 5.30. The smallest absolute Gasteiger partial charge is 0.119 e. The Labute approximate surface area is 70.6 Å². The second-order valence-corrected chi connectivity index (χ2v) is 1.94. The lowest BCUT2D eigenvalue weighted by Gasteiger charge is -1.89. The van der Waals surface area contributed by atoms with Crippen molar-refractivity contribution in [2.45, 2.75) is 6.92 Å². The normalized spacial score (nSPS) is 8.50. The molecule has 0 atom stereocenters. The van der Waals surface area contributed by atoms with E-state index in [0.29, 0.717) is 6.61 Å². The standard InChI is InChI=1S/C6H6O2.C2H6O2/c7-5-2-1-3-6(8)4-5;1-2-4-3/h1-4,7-8H;3H,2H2,1H3. The molecule has 0 aromatic heterocycles. The Balaban J connectivity index is 0.000000261. The molecule has 0 bridgehead atoms. The molecule has 0 radical (unpaired) electrons. The maximum absolute atomic E-state index is 8.65. The van der Waals surface area contributed by atoms with E-state index in [1.54, 1.807) is 13.0 Å². The van der Waals surface area contributed by atoms with E-state index in [1.165, 1.54) is 18.2 Å². The van der Waals surface area contributed by atoms with E-state index in [-0.39, 0.29) is 11.5 Å². The molecule has 0 fully saturated rings. The summed E-state index contributed by atoms with van der Waals surface area (Å²) in [5, 5.41) is 24.7. The van der Waals surface area contributed by atoms with Gasteiger partial charge >= 0.3 is 0 Å². The molecule has 68 valence electrons. The molecule has 0 aliphatic carbocycles. The Kier molecular flexibility index (Phi) is 5.77. The average molecular weight is 172 g/mol. The van der Waals surface area contributed by atoms with E-state index in [9.17, 15) is 0 Å². The fourth-order valence-electron chi connectivity index (χ4n) is 0.493. The van der Waals surface area contributed by atoms with Crippen LogP contribution in [0, 0.1) is 0 Å². The van der Waals surface area contributed by atoms with Gasteiger partial charge in [0.25, 0.3) is 0 Å². The van der Waals surface area contributed by atoms with Gasteiger partial charge in [-0.3, -0.25) is 5.26 Å². The first-order chi connectivity index (χ1) is 5.70. The van der Waals surface area contributed by atoms with Crippen LogP contribution in [0.1, 0.15) is 6.92 Å². The summed E-state index contributed by atoms with van der Waals surface area (Å²) in [6, 6.07) is 5.85. The minimum Gasteiger partial charge on any atom is -0.508 e. The number of rotatable bonds is 1.